The maximum atomic E-state index is 5.59. The number of ether oxygens (including phenoxy) is 1. The lowest BCUT2D eigenvalue weighted by Gasteiger charge is -2.02. The minimum absolute atomic E-state index is 0.575. The van der Waals surface area contributed by atoms with E-state index in [1.54, 1.807) is 18.1 Å². The number of hydrogen-bond donors (Lipinski definition) is 0. The van der Waals surface area contributed by atoms with E-state index in [0.717, 1.165) is 22.7 Å². The fraction of sp³-hybridized carbons (Fsp3) is 0.111. The Hall–Kier alpha value is -3.13. The Morgan fingerprint density at radius 1 is 1.08 bits per heavy atom. The molecular weight excluding hydrogens is 350 g/mol. The Kier molecular flexibility index (Phi) is 4.65. The zero-order chi connectivity index (χ0) is 17.8. The van der Waals surface area contributed by atoms with Crippen LogP contribution in [0.1, 0.15) is 5.69 Å². The summed E-state index contributed by atoms with van der Waals surface area (Å²) in [5.74, 6) is 1.97. The largest absolute Gasteiger partial charge is 0.497 e. The third-order valence-electron chi connectivity index (χ3n) is 3.68. The van der Waals surface area contributed by atoms with Gasteiger partial charge in [-0.3, -0.25) is 0 Å². The zero-order valence-corrected chi connectivity index (χ0v) is 14.8. The fourth-order valence-electron chi connectivity index (χ4n) is 2.38. The van der Waals surface area contributed by atoms with Crippen LogP contribution in [0.25, 0.3) is 17.1 Å². The average Bonchev–Trinajstić information content (AvgIpc) is 3.36. The van der Waals surface area contributed by atoms with Gasteiger partial charge in [0, 0.05) is 11.3 Å². The maximum absolute atomic E-state index is 5.59. The third-order valence-corrected chi connectivity index (χ3v) is 4.63. The lowest BCUT2D eigenvalue weighted by molar-refractivity contribution is 0.415. The Morgan fingerprint density at radius 3 is 2.65 bits per heavy atom. The molecule has 7 nitrogen and oxygen atoms in total. The van der Waals surface area contributed by atoms with E-state index in [0.29, 0.717) is 16.8 Å². The van der Waals surface area contributed by atoms with Crippen molar-refractivity contribution >= 4 is 11.8 Å². The smallest absolute Gasteiger partial charge is 0.226 e. The Balaban J connectivity index is 1.46. The van der Waals surface area contributed by atoms with Gasteiger partial charge in [0.25, 0.3) is 0 Å². The number of thioether (sulfide) groups is 1. The molecule has 130 valence electrons. The molecule has 0 fully saturated rings. The lowest BCUT2D eigenvalue weighted by Crippen LogP contribution is -1.98. The quantitative estimate of drug-likeness (QED) is 0.483. The molecule has 2 aromatic carbocycles. The van der Waals surface area contributed by atoms with E-state index >= 15 is 0 Å². The van der Waals surface area contributed by atoms with Crippen LogP contribution in [0.3, 0.4) is 0 Å². The molecule has 8 heteroatoms. The van der Waals surface area contributed by atoms with Gasteiger partial charge in [-0.15, -0.1) is 5.10 Å². The molecule has 0 N–H and O–H groups in total. The molecule has 0 aliphatic heterocycles. The standard InChI is InChI=1S/C18H15N5O2S/c1-24-16-9-7-13(8-10-16)17-19-14(11-25-17)12-26-18-20-21-22-23(18)15-5-3-2-4-6-15/h2-11H,12H2,1H3. The van der Waals surface area contributed by atoms with Crippen LogP contribution in [-0.4, -0.2) is 32.3 Å². The topological polar surface area (TPSA) is 78.9 Å². The van der Waals surface area contributed by atoms with E-state index in [-0.39, 0.29) is 0 Å². The van der Waals surface area contributed by atoms with Gasteiger partial charge in [0.05, 0.1) is 18.5 Å². The molecule has 0 amide bonds. The fourth-order valence-corrected chi connectivity index (χ4v) is 3.15. The molecular formula is C18H15N5O2S. The van der Waals surface area contributed by atoms with Crippen LogP contribution < -0.4 is 4.74 Å². The van der Waals surface area contributed by atoms with Crippen molar-refractivity contribution in [3.05, 3.63) is 66.6 Å². The normalized spacial score (nSPS) is 10.8. The van der Waals surface area contributed by atoms with E-state index < -0.39 is 0 Å². The molecule has 0 bridgehead atoms. The molecule has 0 atom stereocenters. The lowest BCUT2D eigenvalue weighted by atomic mass is 10.2. The first-order chi connectivity index (χ1) is 12.8. The molecule has 4 rings (SSSR count). The van der Waals surface area contributed by atoms with Crippen molar-refractivity contribution in [2.45, 2.75) is 10.9 Å². The van der Waals surface area contributed by atoms with Gasteiger partial charge < -0.3 is 9.15 Å². The maximum Gasteiger partial charge on any atom is 0.226 e. The van der Waals surface area contributed by atoms with Gasteiger partial charge >= 0.3 is 0 Å². The predicted molar refractivity (Wildman–Crippen MR) is 97.2 cm³/mol. The number of rotatable bonds is 6. The highest BCUT2D eigenvalue weighted by molar-refractivity contribution is 7.98. The van der Waals surface area contributed by atoms with Gasteiger partial charge in [-0.05, 0) is 46.8 Å². The van der Waals surface area contributed by atoms with Crippen LogP contribution in [-0.2, 0) is 5.75 Å². The van der Waals surface area contributed by atoms with Crippen LogP contribution in [0.4, 0.5) is 0 Å². The summed E-state index contributed by atoms with van der Waals surface area (Å²) >= 11 is 1.50. The van der Waals surface area contributed by atoms with Crippen LogP contribution in [0, 0.1) is 0 Å². The summed E-state index contributed by atoms with van der Waals surface area (Å²) in [7, 11) is 1.64. The van der Waals surface area contributed by atoms with Crippen LogP contribution in [0.5, 0.6) is 5.75 Å². The summed E-state index contributed by atoms with van der Waals surface area (Å²) in [5, 5.41) is 12.6. The van der Waals surface area contributed by atoms with E-state index in [9.17, 15) is 0 Å². The molecule has 0 saturated carbocycles. The first-order valence-electron chi connectivity index (χ1n) is 7.89. The summed E-state index contributed by atoms with van der Waals surface area (Å²) in [6.45, 7) is 0. The molecule has 2 heterocycles. The SMILES string of the molecule is COc1ccc(-c2nc(CSc3nnnn3-c3ccccc3)co2)cc1. The first kappa shape index (κ1) is 16.3. The molecule has 0 aliphatic carbocycles. The van der Waals surface area contributed by atoms with Crippen molar-refractivity contribution in [2.24, 2.45) is 0 Å². The van der Waals surface area contributed by atoms with Gasteiger partial charge in [-0.25, -0.2) is 4.98 Å². The molecule has 0 aliphatic rings. The van der Waals surface area contributed by atoms with Crippen LogP contribution in [0.2, 0.25) is 0 Å². The number of para-hydroxylation sites is 1. The third kappa shape index (κ3) is 3.45. The average molecular weight is 365 g/mol. The predicted octanol–water partition coefficient (Wildman–Crippen LogP) is 3.62. The Bertz CT molecular complexity index is 982. The number of benzene rings is 2. The van der Waals surface area contributed by atoms with Crippen molar-refractivity contribution in [1.82, 2.24) is 25.2 Å². The molecule has 0 saturated heterocycles. The van der Waals surface area contributed by atoms with Crippen molar-refractivity contribution in [2.75, 3.05) is 7.11 Å². The first-order valence-corrected chi connectivity index (χ1v) is 8.87. The molecule has 26 heavy (non-hydrogen) atoms. The monoisotopic (exact) mass is 365 g/mol. The zero-order valence-electron chi connectivity index (χ0n) is 13.9. The van der Waals surface area contributed by atoms with Crippen LogP contribution >= 0.6 is 11.8 Å². The summed E-state index contributed by atoms with van der Waals surface area (Å²) in [6.07, 6.45) is 1.66. The minimum atomic E-state index is 0.575. The second-order valence-corrected chi connectivity index (χ2v) is 6.31. The van der Waals surface area contributed by atoms with Gasteiger partial charge in [0.2, 0.25) is 11.0 Å². The van der Waals surface area contributed by atoms with Gasteiger partial charge in [0.15, 0.2) is 0 Å². The summed E-state index contributed by atoms with van der Waals surface area (Å²) in [6, 6.07) is 17.3. The highest BCUT2D eigenvalue weighted by atomic mass is 32.2. The van der Waals surface area contributed by atoms with E-state index in [1.807, 2.05) is 54.6 Å². The van der Waals surface area contributed by atoms with Crippen molar-refractivity contribution in [3.63, 3.8) is 0 Å². The summed E-state index contributed by atoms with van der Waals surface area (Å²) < 4.78 is 12.5. The molecule has 4 aromatic rings. The van der Waals surface area contributed by atoms with Crippen LogP contribution in [0.15, 0.2) is 70.4 Å². The number of nitrogens with zero attached hydrogens (tertiary/aromatic N) is 5. The number of aromatic nitrogens is 5. The second-order valence-electron chi connectivity index (χ2n) is 5.37. The van der Waals surface area contributed by atoms with Crippen molar-refractivity contribution < 1.29 is 9.15 Å². The number of oxazole rings is 1. The molecule has 0 radical (unpaired) electrons. The van der Waals surface area contributed by atoms with E-state index in [1.165, 1.54) is 11.8 Å². The second kappa shape index (κ2) is 7.40. The summed E-state index contributed by atoms with van der Waals surface area (Å²) in [4.78, 5) is 4.53. The summed E-state index contributed by atoms with van der Waals surface area (Å²) in [5.41, 5.74) is 2.64. The Morgan fingerprint density at radius 2 is 1.88 bits per heavy atom. The molecule has 0 unspecified atom stereocenters. The highest BCUT2D eigenvalue weighted by Crippen LogP contribution is 2.25. The number of hydrogen-bond acceptors (Lipinski definition) is 7. The minimum Gasteiger partial charge on any atom is -0.497 e. The van der Waals surface area contributed by atoms with E-state index in [4.69, 9.17) is 9.15 Å². The van der Waals surface area contributed by atoms with E-state index in [2.05, 4.69) is 20.5 Å². The number of tetrazole rings is 1. The van der Waals surface area contributed by atoms with Crippen molar-refractivity contribution in [3.8, 4) is 22.9 Å². The van der Waals surface area contributed by atoms with Gasteiger partial charge in [-0.2, -0.15) is 4.68 Å². The van der Waals surface area contributed by atoms with Gasteiger partial charge in [0.1, 0.15) is 12.0 Å². The molecule has 0 spiro atoms. The Labute approximate surface area is 154 Å². The van der Waals surface area contributed by atoms with Gasteiger partial charge in [-0.1, -0.05) is 30.0 Å². The number of methoxy groups -OCH3 is 1. The molecule has 2 aromatic heterocycles. The van der Waals surface area contributed by atoms with Crippen molar-refractivity contribution in [1.29, 1.82) is 0 Å². The highest BCUT2D eigenvalue weighted by Gasteiger charge is 2.12.